The molecule has 0 fully saturated rings. The van der Waals surface area contributed by atoms with Gasteiger partial charge in [-0.1, -0.05) is 35.9 Å². The maximum absolute atomic E-state index is 13.4. The van der Waals surface area contributed by atoms with Crippen molar-refractivity contribution in [1.29, 1.82) is 0 Å². The molecule has 0 aliphatic rings. The van der Waals surface area contributed by atoms with Gasteiger partial charge < -0.3 is 4.42 Å². The predicted octanol–water partition coefficient (Wildman–Crippen LogP) is 4.84. The summed E-state index contributed by atoms with van der Waals surface area (Å²) in [5.74, 6) is 0.0305. The summed E-state index contributed by atoms with van der Waals surface area (Å²) in [7, 11) is 0. The van der Waals surface area contributed by atoms with Crippen LogP contribution in [0.1, 0.15) is 0 Å². The SMILES string of the molecule is Fc1cccc(-c2nc(Cl)c3oc4ccccc4c3n2)c1. The number of benzene rings is 2. The number of rotatable bonds is 1. The Morgan fingerprint density at radius 3 is 2.71 bits per heavy atom. The topological polar surface area (TPSA) is 38.9 Å². The summed E-state index contributed by atoms with van der Waals surface area (Å²) in [4.78, 5) is 8.68. The summed E-state index contributed by atoms with van der Waals surface area (Å²) in [5, 5.41) is 1.07. The monoisotopic (exact) mass is 298 g/mol. The van der Waals surface area contributed by atoms with Crippen molar-refractivity contribution < 1.29 is 8.81 Å². The fourth-order valence-corrected chi connectivity index (χ4v) is 2.52. The summed E-state index contributed by atoms with van der Waals surface area (Å²) in [6.07, 6.45) is 0. The van der Waals surface area contributed by atoms with Gasteiger partial charge in [0.15, 0.2) is 16.6 Å². The Hall–Kier alpha value is -2.46. The van der Waals surface area contributed by atoms with E-state index in [2.05, 4.69) is 9.97 Å². The molecule has 4 rings (SSSR count). The average molecular weight is 299 g/mol. The van der Waals surface area contributed by atoms with Crippen LogP contribution in [-0.4, -0.2) is 9.97 Å². The third-order valence-corrected chi connectivity index (χ3v) is 3.52. The van der Waals surface area contributed by atoms with Crippen molar-refractivity contribution in [1.82, 2.24) is 9.97 Å². The van der Waals surface area contributed by atoms with Crippen LogP contribution >= 0.6 is 11.6 Å². The molecule has 0 radical (unpaired) electrons. The summed E-state index contributed by atoms with van der Waals surface area (Å²) in [6.45, 7) is 0. The van der Waals surface area contributed by atoms with E-state index < -0.39 is 0 Å². The molecule has 0 unspecified atom stereocenters. The smallest absolute Gasteiger partial charge is 0.191 e. The van der Waals surface area contributed by atoms with E-state index in [9.17, 15) is 4.39 Å². The van der Waals surface area contributed by atoms with Crippen molar-refractivity contribution in [3.05, 3.63) is 59.5 Å². The van der Waals surface area contributed by atoms with Crippen molar-refractivity contribution in [3.63, 3.8) is 0 Å². The van der Waals surface area contributed by atoms with Crippen LogP contribution in [0.25, 0.3) is 33.5 Å². The normalized spacial score (nSPS) is 11.3. The lowest BCUT2D eigenvalue weighted by molar-refractivity contribution is 0.628. The van der Waals surface area contributed by atoms with Crippen LogP contribution in [0.2, 0.25) is 5.15 Å². The van der Waals surface area contributed by atoms with Gasteiger partial charge in [-0.2, -0.15) is 0 Å². The molecule has 2 aromatic heterocycles. The van der Waals surface area contributed by atoms with Gasteiger partial charge in [-0.25, -0.2) is 14.4 Å². The van der Waals surface area contributed by atoms with Crippen LogP contribution in [0.4, 0.5) is 4.39 Å². The molecule has 0 amide bonds. The molecule has 0 bridgehead atoms. The van der Waals surface area contributed by atoms with E-state index in [-0.39, 0.29) is 11.0 Å². The first kappa shape index (κ1) is 12.3. The molecule has 0 N–H and O–H groups in total. The van der Waals surface area contributed by atoms with E-state index >= 15 is 0 Å². The zero-order chi connectivity index (χ0) is 14.4. The Labute approximate surface area is 124 Å². The first-order valence-electron chi connectivity index (χ1n) is 6.33. The molecule has 2 heterocycles. The van der Waals surface area contributed by atoms with Gasteiger partial charge in [-0.05, 0) is 24.3 Å². The van der Waals surface area contributed by atoms with Crippen molar-refractivity contribution in [2.45, 2.75) is 0 Å². The first-order valence-corrected chi connectivity index (χ1v) is 6.71. The number of halogens is 2. The summed E-state index contributed by atoms with van der Waals surface area (Å²) >= 11 is 6.18. The van der Waals surface area contributed by atoms with Crippen molar-refractivity contribution in [2.75, 3.05) is 0 Å². The third kappa shape index (κ3) is 1.96. The highest BCUT2D eigenvalue weighted by Gasteiger charge is 2.15. The van der Waals surface area contributed by atoms with Gasteiger partial charge in [0.2, 0.25) is 0 Å². The van der Waals surface area contributed by atoms with E-state index in [1.165, 1.54) is 12.1 Å². The zero-order valence-corrected chi connectivity index (χ0v) is 11.4. The van der Waals surface area contributed by atoms with Gasteiger partial charge in [-0.3, -0.25) is 0 Å². The van der Waals surface area contributed by atoms with Crippen LogP contribution < -0.4 is 0 Å². The van der Waals surface area contributed by atoms with Crippen LogP contribution in [0, 0.1) is 5.82 Å². The molecule has 0 saturated carbocycles. The molecule has 0 spiro atoms. The Morgan fingerprint density at radius 2 is 1.86 bits per heavy atom. The summed E-state index contributed by atoms with van der Waals surface area (Å²) < 4.78 is 19.0. The molecule has 4 aromatic rings. The molecule has 3 nitrogen and oxygen atoms in total. The molecule has 0 aliphatic heterocycles. The Morgan fingerprint density at radius 1 is 1.00 bits per heavy atom. The molecule has 2 aromatic carbocycles. The highest BCUT2D eigenvalue weighted by atomic mass is 35.5. The Balaban J connectivity index is 2.06. The van der Waals surface area contributed by atoms with Crippen molar-refractivity contribution >= 4 is 33.7 Å². The molecule has 0 aliphatic carbocycles. The van der Waals surface area contributed by atoms with E-state index in [1.807, 2.05) is 24.3 Å². The molecule has 5 heteroatoms. The van der Waals surface area contributed by atoms with Gasteiger partial charge in [0.25, 0.3) is 0 Å². The van der Waals surface area contributed by atoms with Gasteiger partial charge in [0.05, 0.1) is 0 Å². The van der Waals surface area contributed by atoms with Crippen molar-refractivity contribution in [3.8, 4) is 11.4 Å². The van der Waals surface area contributed by atoms with Crippen LogP contribution in [0.5, 0.6) is 0 Å². The first-order chi connectivity index (χ1) is 10.2. The number of nitrogens with zero attached hydrogens (tertiary/aromatic N) is 2. The van der Waals surface area contributed by atoms with Gasteiger partial charge >= 0.3 is 0 Å². The lowest BCUT2D eigenvalue weighted by Crippen LogP contribution is -1.91. The Bertz CT molecular complexity index is 981. The minimum Gasteiger partial charge on any atom is -0.451 e. The lowest BCUT2D eigenvalue weighted by Gasteiger charge is -2.01. The second-order valence-electron chi connectivity index (χ2n) is 4.62. The molecule has 0 saturated heterocycles. The number of hydrogen-bond acceptors (Lipinski definition) is 3. The molecule has 21 heavy (non-hydrogen) atoms. The van der Waals surface area contributed by atoms with E-state index in [1.54, 1.807) is 12.1 Å². The summed E-state index contributed by atoms with van der Waals surface area (Å²) in [6, 6.07) is 13.6. The average Bonchev–Trinajstić information content (AvgIpc) is 2.87. The van der Waals surface area contributed by atoms with Crippen LogP contribution in [-0.2, 0) is 0 Å². The quantitative estimate of drug-likeness (QED) is 0.472. The maximum atomic E-state index is 13.4. The fourth-order valence-electron chi connectivity index (χ4n) is 2.31. The largest absolute Gasteiger partial charge is 0.451 e. The van der Waals surface area contributed by atoms with Crippen LogP contribution in [0.3, 0.4) is 0 Å². The number of fused-ring (bicyclic) bond motifs is 3. The number of para-hydroxylation sites is 1. The Kier molecular flexibility index (Phi) is 2.65. The number of aromatic nitrogens is 2. The van der Waals surface area contributed by atoms with Crippen LogP contribution in [0.15, 0.2) is 52.9 Å². The fraction of sp³-hybridized carbons (Fsp3) is 0. The van der Waals surface area contributed by atoms with E-state index in [4.69, 9.17) is 16.0 Å². The van der Waals surface area contributed by atoms with Gasteiger partial charge in [-0.15, -0.1) is 0 Å². The highest BCUT2D eigenvalue weighted by Crippen LogP contribution is 2.32. The molecule has 0 atom stereocenters. The molecule has 102 valence electrons. The molecular weight excluding hydrogens is 291 g/mol. The van der Waals surface area contributed by atoms with Gasteiger partial charge in [0, 0.05) is 10.9 Å². The number of furan rings is 1. The summed E-state index contributed by atoms with van der Waals surface area (Å²) in [5.41, 5.74) is 2.34. The minimum absolute atomic E-state index is 0.218. The predicted molar refractivity (Wildman–Crippen MR) is 79.7 cm³/mol. The standard InChI is InChI=1S/C16H8ClFN2O/c17-15-14-13(11-6-1-2-7-12(11)21-14)19-16(20-15)9-4-3-5-10(18)8-9/h1-8H. The van der Waals surface area contributed by atoms with Gasteiger partial charge in [0.1, 0.15) is 16.9 Å². The van der Waals surface area contributed by atoms with Crippen molar-refractivity contribution in [2.24, 2.45) is 0 Å². The minimum atomic E-state index is -0.343. The maximum Gasteiger partial charge on any atom is 0.191 e. The van der Waals surface area contributed by atoms with E-state index in [0.29, 0.717) is 28.1 Å². The third-order valence-electron chi connectivity index (χ3n) is 3.26. The highest BCUT2D eigenvalue weighted by molar-refractivity contribution is 6.34. The molecular formula is C16H8ClFN2O. The lowest BCUT2D eigenvalue weighted by atomic mass is 10.2. The van der Waals surface area contributed by atoms with E-state index in [0.717, 1.165) is 5.39 Å². The second-order valence-corrected chi connectivity index (χ2v) is 4.98. The zero-order valence-electron chi connectivity index (χ0n) is 10.7. The number of hydrogen-bond donors (Lipinski definition) is 0. The second kappa shape index (κ2) is 4.53.